The second-order valence-corrected chi connectivity index (χ2v) is 7.38. The van der Waals surface area contributed by atoms with Gasteiger partial charge in [-0.15, -0.1) is 36.5 Å². The highest BCUT2D eigenvalue weighted by atomic mass is 35.5. The zero-order valence-electron chi connectivity index (χ0n) is 12.2. The predicted octanol–water partition coefficient (Wildman–Crippen LogP) is 3.49. The van der Waals surface area contributed by atoms with Crippen molar-refractivity contribution in [2.75, 3.05) is 6.54 Å². The van der Waals surface area contributed by atoms with Gasteiger partial charge in [0.1, 0.15) is 10.8 Å². The molecule has 0 aromatic carbocycles. The van der Waals surface area contributed by atoms with Crippen LogP contribution in [-0.2, 0) is 4.79 Å². The quantitative estimate of drug-likeness (QED) is 0.402. The van der Waals surface area contributed by atoms with E-state index >= 15 is 0 Å². The van der Waals surface area contributed by atoms with E-state index in [0.29, 0.717) is 0 Å². The Labute approximate surface area is 131 Å². The van der Waals surface area contributed by atoms with Crippen LogP contribution in [0.2, 0.25) is 0 Å². The van der Waals surface area contributed by atoms with Crippen molar-refractivity contribution < 1.29 is 4.79 Å². The summed E-state index contributed by atoms with van der Waals surface area (Å²) < 4.78 is -0.311. The fourth-order valence-corrected chi connectivity index (χ4v) is 5.11. The van der Waals surface area contributed by atoms with Crippen LogP contribution in [0.4, 0.5) is 0 Å². The Bertz CT molecular complexity index is 352. The maximum atomic E-state index is 11.8. The van der Waals surface area contributed by atoms with E-state index in [1.165, 1.54) is 0 Å². The maximum Gasteiger partial charge on any atom is 0.237 e. The summed E-state index contributed by atoms with van der Waals surface area (Å²) in [5.74, 6) is -0.344. The standard InChI is InChI=1S/C15H25ClN2OS/c1-4-7-8-11-18-12(14(17)19)13(16)20-15(18,9-5-2)10-6-3/h5-6,12-13H,2-4,7-11H2,1H3,(H2,17,19). The molecule has 0 radical (unpaired) electrons. The molecule has 1 aliphatic rings. The Hall–Kier alpha value is -0.450. The number of alkyl halides is 1. The highest BCUT2D eigenvalue weighted by Crippen LogP contribution is 2.50. The summed E-state index contributed by atoms with van der Waals surface area (Å²) in [4.78, 5) is 13.7. The smallest absolute Gasteiger partial charge is 0.237 e. The second-order valence-electron chi connectivity index (χ2n) is 5.15. The van der Waals surface area contributed by atoms with Crippen LogP contribution in [0, 0.1) is 0 Å². The number of thioether (sulfide) groups is 1. The van der Waals surface area contributed by atoms with Gasteiger partial charge in [-0.2, -0.15) is 0 Å². The van der Waals surface area contributed by atoms with E-state index in [2.05, 4.69) is 25.0 Å². The molecular weight excluding hydrogens is 292 g/mol. The third-order valence-electron chi connectivity index (χ3n) is 3.66. The topological polar surface area (TPSA) is 46.3 Å². The fraction of sp³-hybridized carbons (Fsp3) is 0.667. The van der Waals surface area contributed by atoms with Crippen LogP contribution < -0.4 is 5.73 Å². The zero-order valence-corrected chi connectivity index (χ0v) is 13.8. The lowest BCUT2D eigenvalue weighted by Gasteiger charge is -2.38. The van der Waals surface area contributed by atoms with E-state index < -0.39 is 6.04 Å². The van der Waals surface area contributed by atoms with Crippen molar-refractivity contribution in [1.29, 1.82) is 0 Å². The summed E-state index contributed by atoms with van der Waals surface area (Å²) in [5, 5.41) is 0. The molecule has 0 aliphatic carbocycles. The van der Waals surface area contributed by atoms with E-state index in [1.807, 2.05) is 12.2 Å². The van der Waals surface area contributed by atoms with Crippen LogP contribution in [0.25, 0.3) is 0 Å². The van der Waals surface area contributed by atoms with Crippen molar-refractivity contribution in [1.82, 2.24) is 4.90 Å². The molecule has 2 N–H and O–H groups in total. The Morgan fingerprint density at radius 2 is 2.00 bits per heavy atom. The average Bonchev–Trinajstić information content (AvgIpc) is 2.63. The number of amides is 1. The molecule has 0 aromatic rings. The van der Waals surface area contributed by atoms with Gasteiger partial charge in [0.2, 0.25) is 5.91 Å². The number of unbranched alkanes of at least 4 members (excludes halogenated alkanes) is 2. The molecule has 1 saturated heterocycles. The Balaban J connectivity index is 3.01. The second kappa shape index (κ2) is 8.11. The van der Waals surface area contributed by atoms with Gasteiger partial charge in [-0.05, 0) is 19.3 Å². The molecule has 0 saturated carbocycles. The van der Waals surface area contributed by atoms with Gasteiger partial charge in [-0.1, -0.05) is 31.9 Å². The van der Waals surface area contributed by atoms with Crippen molar-refractivity contribution in [2.24, 2.45) is 5.73 Å². The molecule has 1 aliphatic heterocycles. The van der Waals surface area contributed by atoms with Crippen molar-refractivity contribution in [3.8, 4) is 0 Å². The third kappa shape index (κ3) is 3.80. The minimum atomic E-state index is -0.418. The van der Waals surface area contributed by atoms with Crippen LogP contribution in [-0.4, -0.2) is 33.0 Å². The molecule has 20 heavy (non-hydrogen) atoms. The van der Waals surface area contributed by atoms with Crippen molar-refractivity contribution in [3.05, 3.63) is 25.3 Å². The van der Waals surface area contributed by atoms with E-state index in [-0.39, 0.29) is 15.5 Å². The van der Waals surface area contributed by atoms with Crippen molar-refractivity contribution in [3.63, 3.8) is 0 Å². The molecule has 0 aromatic heterocycles. The van der Waals surface area contributed by atoms with Crippen LogP contribution in [0.15, 0.2) is 25.3 Å². The van der Waals surface area contributed by atoms with Crippen LogP contribution in [0.1, 0.15) is 39.0 Å². The van der Waals surface area contributed by atoms with Crippen molar-refractivity contribution >= 4 is 29.3 Å². The minimum Gasteiger partial charge on any atom is -0.368 e. The number of hydrogen-bond donors (Lipinski definition) is 1. The maximum absolute atomic E-state index is 11.8. The molecule has 114 valence electrons. The Morgan fingerprint density at radius 1 is 1.40 bits per heavy atom. The van der Waals surface area contributed by atoms with Crippen LogP contribution in [0.3, 0.4) is 0 Å². The number of primary amides is 1. The lowest BCUT2D eigenvalue weighted by atomic mass is 10.0. The minimum absolute atomic E-state index is 0.233. The number of carbonyl (C=O) groups is 1. The van der Waals surface area contributed by atoms with Gasteiger partial charge in [0.25, 0.3) is 0 Å². The first-order chi connectivity index (χ1) is 9.52. The molecule has 0 spiro atoms. The molecule has 2 unspecified atom stereocenters. The Morgan fingerprint density at radius 3 is 2.45 bits per heavy atom. The highest BCUT2D eigenvalue weighted by Gasteiger charge is 2.52. The molecule has 1 rings (SSSR count). The lowest BCUT2D eigenvalue weighted by molar-refractivity contribution is -0.123. The summed E-state index contributed by atoms with van der Waals surface area (Å²) in [6.45, 7) is 10.7. The number of halogens is 1. The fourth-order valence-electron chi connectivity index (χ4n) is 2.76. The van der Waals surface area contributed by atoms with Crippen LogP contribution in [0.5, 0.6) is 0 Å². The summed E-state index contributed by atoms with van der Waals surface area (Å²) in [7, 11) is 0. The largest absolute Gasteiger partial charge is 0.368 e. The zero-order chi connectivity index (χ0) is 15.2. The van der Waals surface area contributed by atoms with Crippen LogP contribution >= 0.6 is 23.4 Å². The number of carbonyl (C=O) groups excluding carboxylic acids is 1. The lowest BCUT2D eigenvalue weighted by Crippen LogP contribution is -2.52. The average molecular weight is 317 g/mol. The highest BCUT2D eigenvalue weighted by molar-refractivity contribution is 8.02. The van der Waals surface area contributed by atoms with Gasteiger partial charge in [-0.25, -0.2) is 0 Å². The number of nitrogens with two attached hydrogens (primary N) is 1. The first-order valence-corrected chi connectivity index (χ1v) is 8.43. The first kappa shape index (κ1) is 17.6. The monoisotopic (exact) mass is 316 g/mol. The summed E-state index contributed by atoms with van der Waals surface area (Å²) >= 11 is 8.00. The summed E-state index contributed by atoms with van der Waals surface area (Å²) in [6.07, 6.45) is 8.62. The molecule has 1 amide bonds. The normalized spacial score (nSPS) is 25.5. The van der Waals surface area contributed by atoms with E-state index in [4.69, 9.17) is 17.3 Å². The van der Waals surface area contributed by atoms with Crippen molar-refractivity contribution in [2.45, 2.75) is 54.6 Å². The van der Waals surface area contributed by atoms with E-state index in [1.54, 1.807) is 11.8 Å². The van der Waals surface area contributed by atoms with E-state index in [0.717, 1.165) is 38.6 Å². The molecule has 3 nitrogen and oxygen atoms in total. The number of rotatable bonds is 9. The third-order valence-corrected chi connectivity index (χ3v) is 5.66. The summed E-state index contributed by atoms with van der Waals surface area (Å²) in [5.41, 5.74) is 5.57. The summed E-state index contributed by atoms with van der Waals surface area (Å²) in [6, 6.07) is -0.418. The molecular formula is C15H25ClN2OS. The van der Waals surface area contributed by atoms with Gasteiger partial charge >= 0.3 is 0 Å². The van der Waals surface area contributed by atoms with Gasteiger partial charge in [0, 0.05) is 6.54 Å². The van der Waals surface area contributed by atoms with Gasteiger partial charge in [0.05, 0.1) is 4.87 Å². The van der Waals surface area contributed by atoms with Gasteiger partial charge in [0.15, 0.2) is 0 Å². The molecule has 5 heteroatoms. The molecule has 1 fully saturated rings. The van der Waals surface area contributed by atoms with Gasteiger partial charge < -0.3 is 5.73 Å². The number of hydrogen-bond acceptors (Lipinski definition) is 3. The SMILES string of the molecule is C=CCC1(CC=C)SC(Cl)C(C(N)=O)N1CCCCC. The predicted molar refractivity (Wildman–Crippen MR) is 88.8 cm³/mol. The molecule has 2 atom stereocenters. The molecule has 1 heterocycles. The van der Waals surface area contributed by atoms with E-state index in [9.17, 15) is 4.79 Å². The van der Waals surface area contributed by atoms with Gasteiger partial charge in [-0.3, -0.25) is 9.69 Å². The first-order valence-electron chi connectivity index (χ1n) is 7.12. The molecule has 0 bridgehead atoms. The Kier molecular flexibility index (Phi) is 7.13. The number of nitrogens with zero attached hydrogens (tertiary/aromatic N) is 1.